The van der Waals surface area contributed by atoms with Gasteiger partial charge in [0.05, 0.1) is 0 Å². The van der Waals surface area contributed by atoms with Crippen LogP contribution in [0.1, 0.15) is 43.1 Å². The van der Waals surface area contributed by atoms with Crippen LogP contribution in [0.5, 0.6) is 0 Å². The topological polar surface area (TPSA) is 89.6 Å². The van der Waals surface area contributed by atoms with Gasteiger partial charge in [-0.15, -0.1) is 0 Å². The molecule has 6 nitrogen and oxygen atoms in total. The molecule has 104 valence electrons. The van der Waals surface area contributed by atoms with E-state index in [1.165, 1.54) is 25.7 Å². The lowest BCUT2D eigenvalue weighted by atomic mass is 10.0. The Morgan fingerprint density at radius 2 is 2.00 bits per heavy atom. The number of nitrogens with one attached hydrogen (secondary N) is 1. The molecule has 0 amide bonds. The van der Waals surface area contributed by atoms with E-state index in [9.17, 15) is 0 Å². The molecule has 20 heavy (non-hydrogen) atoms. The summed E-state index contributed by atoms with van der Waals surface area (Å²) in [6.45, 7) is 1.85. The summed E-state index contributed by atoms with van der Waals surface area (Å²) in [5, 5.41) is 0. The van der Waals surface area contributed by atoms with E-state index in [2.05, 4.69) is 25.4 Å². The molecule has 0 unspecified atom stereocenters. The normalized spacial score (nSPS) is 15.5. The van der Waals surface area contributed by atoms with Crippen LogP contribution >= 0.6 is 0 Å². The molecule has 1 aliphatic rings. The summed E-state index contributed by atoms with van der Waals surface area (Å²) in [6.07, 6.45) is 6.62. The van der Waals surface area contributed by atoms with E-state index < -0.39 is 0 Å². The van der Waals surface area contributed by atoms with Gasteiger partial charge >= 0.3 is 0 Å². The molecule has 2 heterocycles. The van der Waals surface area contributed by atoms with Crippen LogP contribution in [0, 0.1) is 6.92 Å². The molecule has 0 aromatic carbocycles. The van der Waals surface area contributed by atoms with Gasteiger partial charge in [0.25, 0.3) is 0 Å². The Bertz CT molecular complexity index is 606. The second-order valence-corrected chi connectivity index (χ2v) is 5.12. The molecule has 0 spiro atoms. The fraction of sp³-hybridized carbons (Fsp3) is 0.429. The molecule has 0 aliphatic heterocycles. The van der Waals surface area contributed by atoms with E-state index in [0.29, 0.717) is 23.4 Å². The zero-order valence-corrected chi connectivity index (χ0v) is 11.5. The smallest absolute Gasteiger partial charge is 0.180 e. The molecule has 0 atom stereocenters. The molecule has 3 N–H and O–H groups in total. The first kappa shape index (κ1) is 12.9. The zero-order chi connectivity index (χ0) is 13.9. The van der Waals surface area contributed by atoms with E-state index in [-0.39, 0.29) is 0 Å². The van der Waals surface area contributed by atoms with Crippen molar-refractivity contribution in [2.24, 2.45) is 5.84 Å². The minimum Gasteiger partial charge on any atom is -0.308 e. The van der Waals surface area contributed by atoms with Crippen molar-refractivity contribution >= 4 is 5.82 Å². The highest BCUT2D eigenvalue weighted by molar-refractivity contribution is 5.52. The second kappa shape index (κ2) is 5.50. The standard InChI is InChI=1S/C14H18N6/c1-9-16-7-6-11(17-9)14-18-12(8-13(19-14)20-15)10-4-2-3-5-10/h6-8,10H,2-5,15H2,1H3,(H,18,19,20). The van der Waals surface area contributed by atoms with Crippen LogP contribution in [0.4, 0.5) is 5.82 Å². The Morgan fingerprint density at radius 3 is 2.70 bits per heavy atom. The van der Waals surface area contributed by atoms with E-state index in [4.69, 9.17) is 5.84 Å². The summed E-state index contributed by atoms with van der Waals surface area (Å²) in [4.78, 5) is 17.6. The number of hydrazine groups is 1. The van der Waals surface area contributed by atoms with Gasteiger partial charge in [-0.2, -0.15) is 0 Å². The number of aryl methyl sites for hydroxylation is 1. The molecule has 0 saturated heterocycles. The van der Waals surface area contributed by atoms with E-state index in [0.717, 1.165) is 11.4 Å². The molecule has 0 bridgehead atoms. The average Bonchev–Trinajstić information content (AvgIpc) is 3.01. The van der Waals surface area contributed by atoms with Crippen molar-refractivity contribution in [2.75, 3.05) is 5.43 Å². The molecule has 2 aromatic heterocycles. The van der Waals surface area contributed by atoms with Crippen LogP contribution in [-0.4, -0.2) is 19.9 Å². The third-order valence-electron chi connectivity index (χ3n) is 3.67. The fourth-order valence-corrected chi connectivity index (χ4v) is 2.67. The second-order valence-electron chi connectivity index (χ2n) is 5.12. The summed E-state index contributed by atoms with van der Waals surface area (Å²) in [5.74, 6) is 7.97. The number of hydrogen-bond donors (Lipinski definition) is 2. The van der Waals surface area contributed by atoms with Crippen molar-refractivity contribution in [3.63, 3.8) is 0 Å². The van der Waals surface area contributed by atoms with Gasteiger partial charge in [0.1, 0.15) is 17.3 Å². The van der Waals surface area contributed by atoms with Crippen molar-refractivity contribution < 1.29 is 0 Å². The van der Waals surface area contributed by atoms with Crippen molar-refractivity contribution in [1.29, 1.82) is 0 Å². The molecule has 0 radical (unpaired) electrons. The highest BCUT2D eigenvalue weighted by Crippen LogP contribution is 2.34. The maximum Gasteiger partial charge on any atom is 0.180 e. The molecule has 2 aromatic rings. The molecular formula is C14H18N6. The zero-order valence-electron chi connectivity index (χ0n) is 11.5. The number of nitrogen functional groups attached to an aromatic ring is 1. The maximum absolute atomic E-state index is 5.52. The third kappa shape index (κ3) is 2.60. The lowest BCUT2D eigenvalue weighted by molar-refractivity contribution is 0.695. The Hall–Kier alpha value is -2.08. The van der Waals surface area contributed by atoms with E-state index >= 15 is 0 Å². The average molecular weight is 270 g/mol. The quantitative estimate of drug-likeness (QED) is 0.656. The summed E-state index contributed by atoms with van der Waals surface area (Å²) >= 11 is 0. The number of nitrogens with two attached hydrogens (primary N) is 1. The number of hydrogen-bond acceptors (Lipinski definition) is 6. The first-order valence-electron chi connectivity index (χ1n) is 6.92. The summed E-state index contributed by atoms with van der Waals surface area (Å²) in [5.41, 5.74) is 4.40. The molecule has 6 heteroatoms. The molecule has 3 rings (SSSR count). The minimum atomic E-state index is 0.506. The van der Waals surface area contributed by atoms with Crippen LogP contribution in [0.2, 0.25) is 0 Å². The predicted octanol–water partition coefficient (Wildman–Crippen LogP) is 2.19. The Balaban J connectivity index is 2.03. The Labute approximate surface area is 117 Å². The van der Waals surface area contributed by atoms with Crippen molar-refractivity contribution in [2.45, 2.75) is 38.5 Å². The van der Waals surface area contributed by atoms with Crippen molar-refractivity contribution in [3.8, 4) is 11.5 Å². The number of aromatic nitrogens is 4. The number of anilines is 1. The van der Waals surface area contributed by atoms with Crippen LogP contribution in [0.15, 0.2) is 18.3 Å². The summed E-state index contributed by atoms with van der Waals surface area (Å²) < 4.78 is 0. The lowest BCUT2D eigenvalue weighted by Gasteiger charge is -2.12. The van der Waals surface area contributed by atoms with Gasteiger partial charge in [-0.3, -0.25) is 0 Å². The SMILES string of the molecule is Cc1nccc(-c2nc(NN)cc(C3CCCC3)n2)n1. The van der Waals surface area contributed by atoms with E-state index in [1.807, 2.05) is 19.1 Å². The van der Waals surface area contributed by atoms with E-state index in [1.54, 1.807) is 6.20 Å². The van der Waals surface area contributed by atoms with Crippen LogP contribution < -0.4 is 11.3 Å². The van der Waals surface area contributed by atoms with Gasteiger partial charge in [-0.05, 0) is 25.8 Å². The van der Waals surface area contributed by atoms with Gasteiger partial charge in [-0.1, -0.05) is 12.8 Å². The summed E-state index contributed by atoms with van der Waals surface area (Å²) in [6, 6.07) is 3.76. The molecule has 1 saturated carbocycles. The van der Waals surface area contributed by atoms with Gasteiger partial charge in [0.15, 0.2) is 5.82 Å². The molecule has 1 aliphatic carbocycles. The highest BCUT2D eigenvalue weighted by atomic mass is 15.3. The van der Waals surface area contributed by atoms with Crippen molar-refractivity contribution in [1.82, 2.24) is 19.9 Å². The third-order valence-corrected chi connectivity index (χ3v) is 3.67. The fourth-order valence-electron chi connectivity index (χ4n) is 2.67. The van der Waals surface area contributed by atoms with Gasteiger partial charge in [0.2, 0.25) is 0 Å². The van der Waals surface area contributed by atoms with Crippen LogP contribution in [-0.2, 0) is 0 Å². The Morgan fingerprint density at radius 1 is 1.20 bits per heavy atom. The maximum atomic E-state index is 5.52. The monoisotopic (exact) mass is 270 g/mol. The van der Waals surface area contributed by atoms with Crippen LogP contribution in [0.3, 0.4) is 0 Å². The van der Waals surface area contributed by atoms with Gasteiger partial charge in [-0.25, -0.2) is 25.8 Å². The summed E-state index contributed by atoms with van der Waals surface area (Å²) in [7, 11) is 0. The van der Waals surface area contributed by atoms with Crippen LogP contribution in [0.25, 0.3) is 11.5 Å². The van der Waals surface area contributed by atoms with Gasteiger partial charge < -0.3 is 5.43 Å². The first-order chi connectivity index (χ1) is 9.76. The largest absolute Gasteiger partial charge is 0.308 e. The Kier molecular flexibility index (Phi) is 3.56. The van der Waals surface area contributed by atoms with Gasteiger partial charge in [0, 0.05) is 23.9 Å². The lowest BCUT2D eigenvalue weighted by Crippen LogP contribution is -2.11. The predicted molar refractivity (Wildman–Crippen MR) is 76.8 cm³/mol. The first-order valence-corrected chi connectivity index (χ1v) is 6.92. The molecule has 1 fully saturated rings. The number of rotatable bonds is 3. The van der Waals surface area contributed by atoms with Crippen molar-refractivity contribution in [3.05, 3.63) is 29.8 Å². The molecular weight excluding hydrogens is 252 g/mol. The number of nitrogens with zero attached hydrogens (tertiary/aromatic N) is 4. The minimum absolute atomic E-state index is 0.506. The highest BCUT2D eigenvalue weighted by Gasteiger charge is 2.20.